The predicted octanol–water partition coefficient (Wildman–Crippen LogP) is 6.36. The largest absolute Gasteiger partial charge is 0.497 e. The zero-order chi connectivity index (χ0) is 19.6. The molecule has 28 heavy (non-hydrogen) atoms. The SMILES string of the molecule is CCC1(CC)CN(C(c2ccccc2)c2ccccc2)c2ccc(OC)cc21. The molecule has 3 aromatic rings. The van der Waals surface area contributed by atoms with Crippen molar-refractivity contribution in [3.8, 4) is 5.75 Å². The highest BCUT2D eigenvalue weighted by Gasteiger charge is 2.43. The summed E-state index contributed by atoms with van der Waals surface area (Å²) in [5.74, 6) is 0.947. The predicted molar refractivity (Wildman–Crippen MR) is 117 cm³/mol. The number of hydrogen-bond acceptors (Lipinski definition) is 2. The van der Waals surface area contributed by atoms with E-state index in [1.165, 1.54) is 22.4 Å². The van der Waals surface area contributed by atoms with E-state index in [2.05, 4.69) is 97.6 Å². The van der Waals surface area contributed by atoms with E-state index in [0.717, 1.165) is 25.1 Å². The van der Waals surface area contributed by atoms with Gasteiger partial charge in [-0.3, -0.25) is 0 Å². The van der Waals surface area contributed by atoms with Crippen molar-refractivity contribution in [3.05, 3.63) is 95.6 Å². The summed E-state index contributed by atoms with van der Waals surface area (Å²) in [5.41, 5.74) is 5.58. The van der Waals surface area contributed by atoms with E-state index in [9.17, 15) is 0 Å². The highest BCUT2D eigenvalue weighted by atomic mass is 16.5. The van der Waals surface area contributed by atoms with Crippen molar-refractivity contribution in [1.29, 1.82) is 0 Å². The van der Waals surface area contributed by atoms with Gasteiger partial charge in [0.05, 0.1) is 13.2 Å². The third-order valence-corrected chi connectivity index (χ3v) is 6.45. The average Bonchev–Trinajstić information content (AvgIpc) is 3.09. The molecule has 4 rings (SSSR count). The van der Waals surface area contributed by atoms with Gasteiger partial charge in [-0.1, -0.05) is 74.5 Å². The van der Waals surface area contributed by atoms with Crippen LogP contribution in [-0.4, -0.2) is 13.7 Å². The fourth-order valence-electron chi connectivity index (χ4n) is 4.72. The van der Waals surface area contributed by atoms with Crippen molar-refractivity contribution < 1.29 is 4.74 Å². The Labute approximate surface area is 168 Å². The molecule has 0 atom stereocenters. The monoisotopic (exact) mass is 371 g/mol. The molecule has 2 nitrogen and oxygen atoms in total. The van der Waals surface area contributed by atoms with Crippen LogP contribution in [0.5, 0.6) is 5.75 Å². The van der Waals surface area contributed by atoms with Gasteiger partial charge in [0.25, 0.3) is 0 Å². The molecule has 1 aliphatic rings. The molecule has 0 N–H and O–H groups in total. The summed E-state index contributed by atoms with van der Waals surface area (Å²) in [6, 6.07) is 28.6. The number of rotatable bonds is 6. The molecular weight excluding hydrogens is 342 g/mol. The van der Waals surface area contributed by atoms with Crippen molar-refractivity contribution in [2.75, 3.05) is 18.6 Å². The summed E-state index contributed by atoms with van der Waals surface area (Å²) in [4.78, 5) is 2.60. The molecule has 0 aromatic heterocycles. The number of anilines is 1. The van der Waals surface area contributed by atoms with Gasteiger partial charge in [-0.2, -0.15) is 0 Å². The van der Waals surface area contributed by atoms with Crippen LogP contribution in [0.15, 0.2) is 78.9 Å². The molecule has 0 bridgehead atoms. The number of nitrogens with zero attached hydrogens (tertiary/aromatic N) is 1. The molecule has 144 valence electrons. The van der Waals surface area contributed by atoms with Gasteiger partial charge in [0, 0.05) is 17.6 Å². The first-order chi connectivity index (χ1) is 13.7. The second-order valence-electron chi connectivity index (χ2n) is 7.72. The molecule has 0 saturated carbocycles. The van der Waals surface area contributed by atoms with Crippen molar-refractivity contribution in [2.24, 2.45) is 0 Å². The molecule has 2 heteroatoms. The molecule has 3 aromatic carbocycles. The summed E-state index contributed by atoms with van der Waals surface area (Å²) in [6.07, 6.45) is 2.24. The van der Waals surface area contributed by atoms with Gasteiger partial charge in [0.1, 0.15) is 5.75 Å². The number of hydrogen-bond donors (Lipinski definition) is 0. The van der Waals surface area contributed by atoms with Crippen molar-refractivity contribution in [2.45, 2.75) is 38.1 Å². The lowest BCUT2D eigenvalue weighted by Crippen LogP contribution is -2.35. The lowest BCUT2D eigenvalue weighted by Gasteiger charge is -2.34. The van der Waals surface area contributed by atoms with Gasteiger partial charge in [0.2, 0.25) is 0 Å². The Hall–Kier alpha value is -2.74. The maximum absolute atomic E-state index is 5.57. The second-order valence-corrected chi connectivity index (χ2v) is 7.72. The quantitative estimate of drug-likeness (QED) is 0.500. The second kappa shape index (κ2) is 7.71. The van der Waals surface area contributed by atoms with E-state index in [-0.39, 0.29) is 11.5 Å². The van der Waals surface area contributed by atoms with E-state index in [0.29, 0.717) is 0 Å². The summed E-state index contributed by atoms with van der Waals surface area (Å²) in [5, 5.41) is 0. The van der Waals surface area contributed by atoms with Crippen molar-refractivity contribution in [3.63, 3.8) is 0 Å². The Morgan fingerprint density at radius 2 is 1.43 bits per heavy atom. The lowest BCUT2D eigenvalue weighted by molar-refractivity contribution is 0.400. The highest BCUT2D eigenvalue weighted by molar-refractivity contribution is 5.67. The number of ether oxygens (including phenoxy) is 1. The first-order valence-corrected chi connectivity index (χ1v) is 10.3. The zero-order valence-corrected chi connectivity index (χ0v) is 17.1. The van der Waals surface area contributed by atoms with E-state index in [1.54, 1.807) is 7.11 Å². The van der Waals surface area contributed by atoms with Gasteiger partial charge in [0.15, 0.2) is 0 Å². The maximum atomic E-state index is 5.57. The molecular formula is C26H29NO. The minimum atomic E-state index is 0.158. The van der Waals surface area contributed by atoms with Crippen LogP contribution in [-0.2, 0) is 5.41 Å². The molecule has 0 amide bonds. The Morgan fingerprint density at radius 1 is 0.857 bits per heavy atom. The smallest absolute Gasteiger partial charge is 0.119 e. The van der Waals surface area contributed by atoms with Gasteiger partial charge < -0.3 is 9.64 Å². The third kappa shape index (κ3) is 3.07. The van der Waals surface area contributed by atoms with Crippen LogP contribution < -0.4 is 9.64 Å². The van der Waals surface area contributed by atoms with E-state index < -0.39 is 0 Å². The van der Waals surface area contributed by atoms with Crippen LogP contribution in [0.2, 0.25) is 0 Å². The number of methoxy groups -OCH3 is 1. The van der Waals surface area contributed by atoms with Crippen molar-refractivity contribution >= 4 is 5.69 Å². The summed E-state index contributed by atoms with van der Waals surface area (Å²) >= 11 is 0. The average molecular weight is 372 g/mol. The summed E-state index contributed by atoms with van der Waals surface area (Å²) < 4.78 is 5.57. The van der Waals surface area contributed by atoms with E-state index >= 15 is 0 Å². The lowest BCUT2D eigenvalue weighted by atomic mass is 9.77. The zero-order valence-electron chi connectivity index (χ0n) is 17.1. The Morgan fingerprint density at radius 3 is 1.93 bits per heavy atom. The van der Waals surface area contributed by atoms with E-state index in [4.69, 9.17) is 4.74 Å². The molecule has 1 aliphatic heterocycles. The Bertz CT molecular complexity index is 876. The molecule has 0 unspecified atom stereocenters. The fourth-order valence-corrected chi connectivity index (χ4v) is 4.72. The van der Waals surface area contributed by atoms with E-state index in [1.807, 2.05) is 0 Å². The standard InChI is InChI=1S/C26H29NO/c1-4-26(5-2)19-27(24-17-16-22(28-3)18-23(24)26)25(20-12-8-6-9-13-20)21-14-10-7-11-15-21/h6-18,25H,4-5,19H2,1-3H3. The first-order valence-electron chi connectivity index (χ1n) is 10.3. The number of fused-ring (bicyclic) bond motifs is 1. The van der Waals surface area contributed by atoms with Gasteiger partial charge >= 0.3 is 0 Å². The topological polar surface area (TPSA) is 12.5 Å². The van der Waals surface area contributed by atoms with Gasteiger partial charge in [-0.05, 0) is 47.7 Å². The molecule has 1 heterocycles. The summed E-state index contributed by atoms with van der Waals surface area (Å²) in [6.45, 7) is 5.66. The van der Waals surface area contributed by atoms with Crippen LogP contribution in [0.1, 0.15) is 49.4 Å². The van der Waals surface area contributed by atoms with Gasteiger partial charge in [-0.15, -0.1) is 0 Å². The van der Waals surface area contributed by atoms with Crippen LogP contribution >= 0.6 is 0 Å². The molecule has 0 spiro atoms. The normalized spacial score (nSPS) is 14.9. The summed E-state index contributed by atoms with van der Waals surface area (Å²) in [7, 11) is 1.75. The minimum Gasteiger partial charge on any atom is -0.497 e. The van der Waals surface area contributed by atoms with Crippen LogP contribution in [0, 0.1) is 0 Å². The maximum Gasteiger partial charge on any atom is 0.119 e. The molecule has 0 radical (unpaired) electrons. The highest BCUT2D eigenvalue weighted by Crippen LogP contribution is 2.50. The fraction of sp³-hybridized carbons (Fsp3) is 0.308. The molecule has 0 saturated heterocycles. The van der Waals surface area contributed by atoms with Crippen LogP contribution in [0.25, 0.3) is 0 Å². The third-order valence-electron chi connectivity index (χ3n) is 6.45. The minimum absolute atomic E-state index is 0.158. The molecule has 0 aliphatic carbocycles. The van der Waals surface area contributed by atoms with Crippen LogP contribution in [0.3, 0.4) is 0 Å². The van der Waals surface area contributed by atoms with Crippen LogP contribution in [0.4, 0.5) is 5.69 Å². The molecule has 0 fully saturated rings. The first kappa shape index (κ1) is 18.6. The van der Waals surface area contributed by atoms with Gasteiger partial charge in [-0.25, -0.2) is 0 Å². The van der Waals surface area contributed by atoms with Crippen molar-refractivity contribution in [1.82, 2.24) is 0 Å². The Balaban J connectivity index is 1.89. The number of benzene rings is 3. The Kier molecular flexibility index (Phi) is 5.13.